The van der Waals surface area contributed by atoms with Crippen molar-refractivity contribution in [1.82, 2.24) is 4.90 Å². The van der Waals surface area contributed by atoms with E-state index >= 15 is 0 Å². The number of carbonyl (C=O) groups is 2. The highest BCUT2D eigenvalue weighted by molar-refractivity contribution is 14.1. The highest BCUT2D eigenvalue weighted by atomic mass is 127. The molecule has 5 rings (SSSR count). The Balaban J connectivity index is 1.04. The first kappa shape index (κ1) is 44.9. The normalized spacial score (nSPS) is 29.7. The van der Waals surface area contributed by atoms with Gasteiger partial charge in [-0.2, -0.15) is 0 Å². The lowest BCUT2D eigenvalue weighted by Gasteiger charge is -2.58. The van der Waals surface area contributed by atoms with Crippen LogP contribution in [0, 0.1) is 57.0 Å². The Kier molecular flexibility index (Phi) is 16.8. The van der Waals surface area contributed by atoms with E-state index in [-0.39, 0.29) is 43.1 Å². The summed E-state index contributed by atoms with van der Waals surface area (Å²) in [6, 6.07) is 2.04. The van der Waals surface area contributed by atoms with E-state index in [9.17, 15) is 14.7 Å². The summed E-state index contributed by atoms with van der Waals surface area (Å²) in [6.07, 6.45) is 18.3. The van der Waals surface area contributed by atoms with Crippen molar-refractivity contribution in [1.29, 1.82) is 0 Å². The number of aliphatic hydroxyl groups excluding tert-OH is 1. The monoisotopic (exact) mass is 1080 g/mol. The highest BCUT2D eigenvalue weighted by Gasteiger charge is 2.59. The number of hydrogen-bond acceptors (Lipinski definition) is 7. The third-order valence-corrected chi connectivity index (χ3v) is 17.5. The van der Waals surface area contributed by atoms with Crippen molar-refractivity contribution in [3.63, 3.8) is 0 Å². The Morgan fingerprint density at radius 2 is 1.72 bits per heavy atom. The molecule has 0 aromatic heterocycles. The van der Waals surface area contributed by atoms with Gasteiger partial charge in [-0.15, -0.1) is 0 Å². The third kappa shape index (κ3) is 10.7. The predicted molar refractivity (Wildman–Crippen MR) is 244 cm³/mol. The van der Waals surface area contributed by atoms with Gasteiger partial charge in [0, 0.05) is 43.1 Å². The number of rotatable bonds is 18. The van der Waals surface area contributed by atoms with Gasteiger partial charge in [0.1, 0.15) is 12.7 Å². The molecule has 304 valence electrons. The van der Waals surface area contributed by atoms with Crippen molar-refractivity contribution < 1.29 is 24.2 Å². The first-order valence-electron chi connectivity index (χ1n) is 21.0. The van der Waals surface area contributed by atoms with E-state index in [1.165, 1.54) is 51.4 Å². The molecule has 3 fully saturated rings. The number of ether oxygens (including phenoxy) is 2. The van der Waals surface area contributed by atoms with Crippen LogP contribution in [0.25, 0.3) is 0 Å². The number of aliphatic hydroxyl groups is 1. The van der Waals surface area contributed by atoms with Gasteiger partial charge in [-0.05, 0) is 190 Å². The van der Waals surface area contributed by atoms with Gasteiger partial charge in [-0.1, -0.05) is 65.5 Å². The SMILES string of the molecule is CC(C)CCC[C@@H](C)[C@H]1CC[C@H]2[C@@H]3CC=C4C[C@@H](OC(=O)CCCN(CCO)CCOC(=O)CCc5c(I)cc(I)c(N)c5I)CC[C@]4(C)[C@H]3CC[C@]12C. The molecule has 3 saturated carbocycles. The molecular formula is C44H67I3N2O5. The molecule has 0 spiro atoms. The number of nitrogens with two attached hydrogens (primary N) is 1. The summed E-state index contributed by atoms with van der Waals surface area (Å²) in [5.74, 6) is 4.58. The second-order valence-corrected chi connectivity index (χ2v) is 21.5. The second kappa shape index (κ2) is 20.2. The van der Waals surface area contributed by atoms with E-state index < -0.39 is 0 Å². The number of allylic oxidation sites excluding steroid dienone is 1. The average molecular weight is 1080 g/mol. The Bertz CT molecular complexity index is 1490. The molecule has 0 bridgehead atoms. The first-order valence-corrected chi connectivity index (χ1v) is 24.2. The molecule has 4 aliphatic rings. The number of halogens is 3. The van der Waals surface area contributed by atoms with E-state index in [0.29, 0.717) is 44.3 Å². The van der Waals surface area contributed by atoms with Crippen LogP contribution in [0.1, 0.15) is 130 Å². The molecule has 10 heteroatoms. The van der Waals surface area contributed by atoms with Crippen molar-refractivity contribution >= 4 is 85.4 Å². The van der Waals surface area contributed by atoms with Gasteiger partial charge >= 0.3 is 11.9 Å². The zero-order valence-electron chi connectivity index (χ0n) is 33.6. The predicted octanol–water partition coefficient (Wildman–Crippen LogP) is 10.6. The van der Waals surface area contributed by atoms with Gasteiger partial charge in [0.05, 0.1) is 12.3 Å². The van der Waals surface area contributed by atoms with Crippen LogP contribution < -0.4 is 5.73 Å². The summed E-state index contributed by atoms with van der Waals surface area (Å²) >= 11 is 6.78. The smallest absolute Gasteiger partial charge is 0.306 e. The molecule has 7 nitrogen and oxygen atoms in total. The zero-order chi connectivity index (χ0) is 39.2. The van der Waals surface area contributed by atoms with E-state index in [1.54, 1.807) is 5.57 Å². The van der Waals surface area contributed by atoms with Gasteiger partial charge in [0.2, 0.25) is 0 Å². The van der Waals surface area contributed by atoms with Crippen LogP contribution in [0.15, 0.2) is 17.7 Å². The van der Waals surface area contributed by atoms with Gasteiger partial charge < -0.3 is 20.3 Å². The lowest BCUT2D eigenvalue weighted by Crippen LogP contribution is -2.51. The van der Waals surface area contributed by atoms with E-state index in [0.717, 1.165) is 76.7 Å². The van der Waals surface area contributed by atoms with Crippen LogP contribution in [0.5, 0.6) is 0 Å². The van der Waals surface area contributed by atoms with E-state index in [2.05, 4.69) is 113 Å². The Morgan fingerprint density at radius 3 is 2.46 bits per heavy atom. The number of hydrogen-bond donors (Lipinski definition) is 2. The fourth-order valence-electron chi connectivity index (χ4n) is 11.4. The van der Waals surface area contributed by atoms with Gasteiger partial charge in [-0.25, -0.2) is 0 Å². The number of benzene rings is 1. The molecule has 4 aliphatic carbocycles. The molecule has 0 heterocycles. The van der Waals surface area contributed by atoms with Crippen LogP contribution >= 0.6 is 67.8 Å². The van der Waals surface area contributed by atoms with Crippen LogP contribution in [0.3, 0.4) is 0 Å². The minimum atomic E-state index is -0.245. The van der Waals surface area contributed by atoms with Crippen molar-refractivity contribution in [2.24, 2.45) is 46.3 Å². The number of nitrogens with zero attached hydrogens (tertiary/aromatic N) is 1. The summed E-state index contributed by atoms with van der Waals surface area (Å²) in [5.41, 5.74) is 10.3. The van der Waals surface area contributed by atoms with Gasteiger partial charge in [-0.3, -0.25) is 14.5 Å². The first-order chi connectivity index (χ1) is 25.7. The highest BCUT2D eigenvalue weighted by Crippen LogP contribution is 2.67. The number of fused-ring (bicyclic) bond motifs is 5. The third-order valence-electron chi connectivity index (χ3n) is 14.4. The fraction of sp³-hybridized carbons (Fsp3) is 0.773. The quantitative estimate of drug-likeness (QED) is 0.0654. The summed E-state index contributed by atoms with van der Waals surface area (Å²) in [5, 5.41) is 9.64. The molecular weight excluding hydrogens is 1020 g/mol. The molecule has 0 saturated heterocycles. The maximum atomic E-state index is 13.1. The fourth-order valence-corrected chi connectivity index (χ4v) is 15.3. The zero-order valence-corrected chi connectivity index (χ0v) is 40.0. The van der Waals surface area contributed by atoms with Crippen molar-refractivity contribution in [2.45, 2.75) is 137 Å². The molecule has 1 aromatic carbocycles. The largest absolute Gasteiger partial charge is 0.464 e. The summed E-state index contributed by atoms with van der Waals surface area (Å²) in [7, 11) is 0. The van der Waals surface area contributed by atoms with Crippen molar-refractivity contribution in [3.8, 4) is 0 Å². The molecule has 1 aromatic rings. The van der Waals surface area contributed by atoms with Gasteiger partial charge in [0.25, 0.3) is 0 Å². The lowest BCUT2D eigenvalue weighted by atomic mass is 9.47. The second-order valence-electron chi connectivity index (χ2n) is 18.1. The van der Waals surface area contributed by atoms with Crippen molar-refractivity contribution in [3.05, 3.63) is 34.0 Å². The maximum absolute atomic E-state index is 13.1. The number of nitrogen functional groups attached to an aromatic ring is 1. The van der Waals surface area contributed by atoms with E-state index in [4.69, 9.17) is 15.2 Å². The number of carbonyl (C=O) groups excluding carboxylic acids is 2. The molecule has 0 amide bonds. The minimum absolute atomic E-state index is 0.0133. The summed E-state index contributed by atoms with van der Waals surface area (Å²) in [6.45, 7) is 14.4. The van der Waals surface area contributed by atoms with Crippen LogP contribution in [-0.4, -0.2) is 60.9 Å². The minimum Gasteiger partial charge on any atom is -0.464 e. The average Bonchev–Trinajstić information content (AvgIpc) is 3.48. The lowest BCUT2D eigenvalue weighted by molar-refractivity contribution is -0.151. The van der Waals surface area contributed by atoms with Gasteiger partial charge in [0.15, 0.2) is 0 Å². The molecule has 0 unspecified atom stereocenters. The molecule has 0 aliphatic heterocycles. The number of anilines is 1. The molecule has 8 atom stereocenters. The van der Waals surface area contributed by atoms with Crippen molar-refractivity contribution in [2.75, 3.05) is 38.6 Å². The van der Waals surface area contributed by atoms with Crippen LogP contribution in [0.4, 0.5) is 5.69 Å². The topological polar surface area (TPSA) is 102 Å². The molecule has 54 heavy (non-hydrogen) atoms. The molecule has 3 N–H and O–H groups in total. The number of esters is 2. The Labute approximate surface area is 367 Å². The summed E-state index contributed by atoms with van der Waals surface area (Å²) < 4.78 is 14.8. The Morgan fingerprint density at radius 1 is 0.944 bits per heavy atom. The Hall–Kier alpha value is -0.190. The summed E-state index contributed by atoms with van der Waals surface area (Å²) in [4.78, 5) is 27.6. The van der Waals surface area contributed by atoms with Crippen LogP contribution in [0.2, 0.25) is 0 Å². The standard InChI is InChI=1S/C44H67I3N2O5/c1-28(2)8-6-9-29(3)34-14-15-35-32-12-11-30-26-31(17-19-43(30,4)36(32)18-20-44(34,35)5)54-40(52)10-7-21-49(22-24-50)23-25-53-39(51)16-13-33-37(45)27-38(46)42(48)41(33)47/h11,27-29,31-32,34-36,50H,6-10,12-26,48H2,1-5H3/t29-,31+,32+,34-,35+,36+,43+,44-/m1/s1. The molecule has 0 radical (unpaired) electrons. The van der Waals surface area contributed by atoms with Crippen LogP contribution in [-0.2, 0) is 25.5 Å². The van der Waals surface area contributed by atoms with E-state index in [1.807, 2.05) is 6.07 Å². The maximum Gasteiger partial charge on any atom is 0.306 e.